The van der Waals surface area contributed by atoms with Gasteiger partial charge in [0.15, 0.2) is 0 Å². The van der Waals surface area contributed by atoms with Crippen molar-refractivity contribution in [3.63, 3.8) is 0 Å². The minimum Gasteiger partial charge on any atom is -0.342 e. The first-order valence-corrected chi connectivity index (χ1v) is 7.89. The molecule has 4 heteroatoms. The Balaban J connectivity index is 1.96. The Morgan fingerprint density at radius 1 is 1.26 bits per heavy atom. The number of rotatable bonds is 4. The SMILES string of the molecule is CNCc1ccc2ccn(Cc3cc(Br)cs3)c2c1. The largest absolute Gasteiger partial charge is 0.342 e. The zero-order valence-electron chi connectivity index (χ0n) is 10.7. The van der Waals surface area contributed by atoms with E-state index in [0.717, 1.165) is 13.1 Å². The van der Waals surface area contributed by atoms with Crippen LogP contribution in [0.5, 0.6) is 0 Å². The number of aromatic nitrogens is 1. The van der Waals surface area contributed by atoms with E-state index in [1.165, 1.54) is 25.8 Å². The van der Waals surface area contributed by atoms with Crippen LogP contribution in [-0.2, 0) is 13.1 Å². The molecule has 1 aromatic carbocycles. The molecule has 0 bridgehead atoms. The van der Waals surface area contributed by atoms with Crippen molar-refractivity contribution in [3.05, 3.63) is 56.8 Å². The van der Waals surface area contributed by atoms with Crippen molar-refractivity contribution >= 4 is 38.2 Å². The van der Waals surface area contributed by atoms with Crippen LogP contribution >= 0.6 is 27.3 Å². The first-order chi connectivity index (χ1) is 9.26. The second-order valence-corrected chi connectivity index (χ2v) is 6.51. The Kier molecular flexibility index (Phi) is 3.73. The number of hydrogen-bond acceptors (Lipinski definition) is 2. The zero-order chi connectivity index (χ0) is 13.2. The minimum absolute atomic E-state index is 0.908. The van der Waals surface area contributed by atoms with Gasteiger partial charge in [-0.15, -0.1) is 11.3 Å². The quantitative estimate of drug-likeness (QED) is 0.755. The Morgan fingerprint density at radius 2 is 2.16 bits per heavy atom. The number of thiophene rings is 1. The van der Waals surface area contributed by atoms with Crippen LogP contribution in [0, 0.1) is 0 Å². The third-order valence-electron chi connectivity index (χ3n) is 3.17. The molecule has 0 aliphatic carbocycles. The van der Waals surface area contributed by atoms with Gasteiger partial charge in [-0.05, 0) is 52.1 Å². The third kappa shape index (κ3) is 2.76. The summed E-state index contributed by atoms with van der Waals surface area (Å²) in [5.74, 6) is 0. The third-order valence-corrected chi connectivity index (χ3v) is 4.85. The summed E-state index contributed by atoms with van der Waals surface area (Å²) < 4.78 is 3.48. The van der Waals surface area contributed by atoms with Gasteiger partial charge in [-0.1, -0.05) is 12.1 Å². The van der Waals surface area contributed by atoms with Crippen LogP contribution in [0.25, 0.3) is 10.9 Å². The molecule has 0 radical (unpaired) electrons. The molecule has 0 saturated carbocycles. The molecule has 0 spiro atoms. The predicted octanol–water partition coefficient (Wildman–Crippen LogP) is 4.23. The summed E-state index contributed by atoms with van der Waals surface area (Å²) in [6.45, 7) is 1.84. The van der Waals surface area contributed by atoms with Gasteiger partial charge >= 0.3 is 0 Å². The van der Waals surface area contributed by atoms with E-state index in [-0.39, 0.29) is 0 Å². The van der Waals surface area contributed by atoms with Crippen LogP contribution in [0.4, 0.5) is 0 Å². The lowest BCUT2D eigenvalue weighted by atomic mass is 10.1. The van der Waals surface area contributed by atoms with Crippen molar-refractivity contribution in [1.29, 1.82) is 0 Å². The van der Waals surface area contributed by atoms with Gasteiger partial charge in [0, 0.05) is 33.0 Å². The van der Waals surface area contributed by atoms with E-state index in [1.807, 2.05) is 7.05 Å². The predicted molar refractivity (Wildman–Crippen MR) is 85.8 cm³/mol. The maximum atomic E-state index is 3.51. The molecule has 19 heavy (non-hydrogen) atoms. The second kappa shape index (κ2) is 5.49. The first kappa shape index (κ1) is 12.9. The van der Waals surface area contributed by atoms with Crippen LogP contribution in [0.2, 0.25) is 0 Å². The molecule has 0 atom stereocenters. The highest BCUT2D eigenvalue weighted by Gasteiger charge is 2.04. The van der Waals surface area contributed by atoms with Crippen molar-refractivity contribution in [2.24, 2.45) is 0 Å². The molecule has 3 rings (SSSR count). The highest BCUT2D eigenvalue weighted by Crippen LogP contribution is 2.23. The fourth-order valence-corrected chi connectivity index (χ4v) is 3.73. The lowest BCUT2D eigenvalue weighted by molar-refractivity contribution is 0.814. The van der Waals surface area contributed by atoms with E-state index in [1.54, 1.807) is 11.3 Å². The normalized spacial score (nSPS) is 11.3. The van der Waals surface area contributed by atoms with E-state index < -0.39 is 0 Å². The number of fused-ring (bicyclic) bond motifs is 1. The maximum Gasteiger partial charge on any atom is 0.0569 e. The van der Waals surface area contributed by atoms with Gasteiger partial charge in [0.1, 0.15) is 0 Å². The second-order valence-electron chi connectivity index (χ2n) is 4.60. The van der Waals surface area contributed by atoms with Crippen LogP contribution < -0.4 is 5.32 Å². The maximum absolute atomic E-state index is 3.51. The van der Waals surface area contributed by atoms with Gasteiger partial charge in [-0.3, -0.25) is 0 Å². The van der Waals surface area contributed by atoms with Crippen molar-refractivity contribution in [2.45, 2.75) is 13.1 Å². The molecule has 2 aromatic heterocycles. The number of halogens is 1. The highest BCUT2D eigenvalue weighted by atomic mass is 79.9. The van der Waals surface area contributed by atoms with Crippen LogP contribution in [0.3, 0.4) is 0 Å². The molecule has 2 heterocycles. The molecular formula is C15H15BrN2S. The first-order valence-electron chi connectivity index (χ1n) is 6.21. The summed E-state index contributed by atoms with van der Waals surface area (Å²) in [6.07, 6.45) is 2.17. The van der Waals surface area contributed by atoms with Crippen molar-refractivity contribution in [3.8, 4) is 0 Å². The standard InChI is InChI=1S/C15H15BrN2S/c1-17-8-11-2-3-12-4-5-18(15(12)6-11)9-14-7-13(16)10-19-14/h2-7,10,17H,8-9H2,1H3. The molecule has 0 unspecified atom stereocenters. The minimum atomic E-state index is 0.908. The molecule has 0 amide bonds. The Hall–Kier alpha value is -1.10. The molecule has 2 nitrogen and oxygen atoms in total. The van der Waals surface area contributed by atoms with Gasteiger partial charge in [0.25, 0.3) is 0 Å². The van der Waals surface area contributed by atoms with E-state index in [4.69, 9.17) is 0 Å². The van der Waals surface area contributed by atoms with Crippen LogP contribution in [-0.4, -0.2) is 11.6 Å². The molecule has 3 aromatic rings. The van der Waals surface area contributed by atoms with E-state index >= 15 is 0 Å². The zero-order valence-corrected chi connectivity index (χ0v) is 13.1. The summed E-state index contributed by atoms with van der Waals surface area (Å²) in [5.41, 5.74) is 2.62. The van der Waals surface area contributed by atoms with Crippen molar-refractivity contribution in [2.75, 3.05) is 7.05 Å². The number of nitrogens with one attached hydrogen (secondary N) is 1. The smallest absolute Gasteiger partial charge is 0.0569 e. The van der Waals surface area contributed by atoms with Crippen LogP contribution in [0.1, 0.15) is 10.4 Å². The lowest BCUT2D eigenvalue weighted by Crippen LogP contribution is -2.05. The molecule has 1 N–H and O–H groups in total. The summed E-state index contributed by atoms with van der Waals surface area (Å²) in [6, 6.07) is 11.0. The van der Waals surface area contributed by atoms with E-state index in [9.17, 15) is 0 Å². The molecule has 0 aliphatic heterocycles. The fourth-order valence-electron chi connectivity index (χ4n) is 2.29. The molecule has 98 valence electrons. The topological polar surface area (TPSA) is 17.0 Å². The summed E-state index contributed by atoms with van der Waals surface area (Å²) in [7, 11) is 1.98. The summed E-state index contributed by atoms with van der Waals surface area (Å²) >= 11 is 5.30. The van der Waals surface area contributed by atoms with Gasteiger partial charge in [-0.2, -0.15) is 0 Å². The molecule has 0 aliphatic rings. The number of nitrogens with zero attached hydrogens (tertiary/aromatic N) is 1. The average Bonchev–Trinajstić information content (AvgIpc) is 2.98. The average molecular weight is 335 g/mol. The van der Waals surface area contributed by atoms with Crippen molar-refractivity contribution < 1.29 is 0 Å². The monoisotopic (exact) mass is 334 g/mol. The van der Waals surface area contributed by atoms with Crippen LogP contribution in [0.15, 0.2) is 46.4 Å². The fraction of sp³-hybridized carbons (Fsp3) is 0.200. The number of benzene rings is 1. The van der Waals surface area contributed by atoms with Crippen molar-refractivity contribution in [1.82, 2.24) is 9.88 Å². The Morgan fingerprint density at radius 3 is 2.89 bits per heavy atom. The number of hydrogen-bond donors (Lipinski definition) is 1. The highest BCUT2D eigenvalue weighted by molar-refractivity contribution is 9.10. The van der Waals surface area contributed by atoms with E-state index in [2.05, 4.69) is 67.7 Å². The lowest BCUT2D eigenvalue weighted by Gasteiger charge is -2.05. The molecule has 0 saturated heterocycles. The summed E-state index contributed by atoms with van der Waals surface area (Å²) in [5, 5.41) is 6.63. The van der Waals surface area contributed by atoms with Gasteiger partial charge in [0.05, 0.1) is 6.54 Å². The van der Waals surface area contributed by atoms with E-state index in [0.29, 0.717) is 0 Å². The summed E-state index contributed by atoms with van der Waals surface area (Å²) in [4.78, 5) is 1.36. The molecular weight excluding hydrogens is 320 g/mol. The Bertz CT molecular complexity index is 699. The van der Waals surface area contributed by atoms with Gasteiger partial charge in [0.2, 0.25) is 0 Å². The van der Waals surface area contributed by atoms with Gasteiger partial charge < -0.3 is 9.88 Å². The Labute approximate surface area is 125 Å². The van der Waals surface area contributed by atoms with Gasteiger partial charge in [-0.25, -0.2) is 0 Å². The molecule has 0 fully saturated rings.